The van der Waals surface area contributed by atoms with Crippen LogP contribution in [0.3, 0.4) is 0 Å². The first kappa shape index (κ1) is 20.9. The van der Waals surface area contributed by atoms with Gasteiger partial charge in [-0.2, -0.15) is 0 Å². The van der Waals surface area contributed by atoms with Crippen LogP contribution >= 0.6 is 38.6 Å². The molecule has 0 unspecified atom stereocenters. The molecule has 4 heterocycles. The third-order valence-corrected chi connectivity index (χ3v) is 8.36. The summed E-state index contributed by atoms with van der Waals surface area (Å²) in [5, 5.41) is 7.82. The Morgan fingerprint density at radius 1 is 0.839 bits per heavy atom. The predicted molar refractivity (Wildman–Crippen MR) is 129 cm³/mol. The van der Waals surface area contributed by atoms with Gasteiger partial charge < -0.3 is 20.4 Å². The van der Waals surface area contributed by atoms with Gasteiger partial charge in [-0.25, -0.2) is 9.97 Å². The first-order chi connectivity index (χ1) is 15.1. The highest BCUT2D eigenvalue weighted by molar-refractivity contribution is 9.10. The van der Waals surface area contributed by atoms with Gasteiger partial charge in [0.05, 0.1) is 27.0 Å². The molecular formula is C20H23BrN6O2S2. The van der Waals surface area contributed by atoms with Crippen LogP contribution < -0.4 is 10.6 Å². The Hall–Kier alpha value is -1.98. The number of carbonyl (C=O) groups excluding carboxylic acids is 2. The molecule has 0 atom stereocenters. The fourth-order valence-electron chi connectivity index (χ4n) is 4.02. The van der Waals surface area contributed by atoms with Crippen LogP contribution in [0.15, 0.2) is 10.5 Å². The second kappa shape index (κ2) is 8.87. The van der Waals surface area contributed by atoms with Crippen LogP contribution in [-0.4, -0.2) is 70.9 Å². The predicted octanol–water partition coefficient (Wildman–Crippen LogP) is 3.74. The molecule has 1 aromatic carbocycles. The van der Waals surface area contributed by atoms with E-state index in [0.717, 1.165) is 87.0 Å². The number of hydrogen-bond donors (Lipinski definition) is 2. The molecule has 5 rings (SSSR count). The lowest BCUT2D eigenvalue weighted by atomic mass is 10.3. The van der Waals surface area contributed by atoms with Gasteiger partial charge in [0, 0.05) is 26.2 Å². The number of nitrogens with one attached hydrogen (secondary N) is 2. The number of fused-ring (bicyclic) bond motifs is 2. The summed E-state index contributed by atoms with van der Waals surface area (Å²) >= 11 is 6.72. The number of halogens is 1. The molecule has 2 N–H and O–H groups in total. The van der Waals surface area contributed by atoms with Crippen molar-refractivity contribution in [2.75, 3.05) is 49.9 Å². The lowest BCUT2D eigenvalue weighted by Gasteiger charge is -2.14. The molecule has 3 aromatic rings. The fourth-order valence-corrected chi connectivity index (χ4v) is 6.78. The number of anilines is 2. The summed E-state index contributed by atoms with van der Waals surface area (Å²) in [6.07, 6.45) is 4.36. The molecule has 0 radical (unpaired) electrons. The number of amides is 2. The highest BCUT2D eigenvalue weighted by atomic mass is 79.9. The normalized spacial score (nSPS) is 16.5. The number of benzene rings is 1. The highest BCUT2D eigenvalue weighted by Gasteiger charge is 2.20. The Morgan fingerprint density at radius 2 is 1.26 bits per heavy atom. The molecule has 2 aromatic heterocycles. The van der Waals surface area contributed by atoms with E-state index in [-0.39, 0.29) is 24.9 Å². The summed E-state index contributed by atoms with van der Waals surface area (Å²) in [7, 11) is 0. The number of thiazole rings is 2. The second-order valence-corrected chi connectivity index (χ2v) is 10.7. The summed E-state index contributed by atoms with van der Waals surface area (Å²) in [6.45, 7) is 3.95. The fraction of sp³-hybridized carbons (Fsp3) is 0.500. The smallest absolute Gasteiger partial charge is 0.241 e. The maximum Gasteiger partial charge on any atom is 0.241 e. The van der Waals surface area contributed by atoms with E-state index in [1.54, 1.807) is 0 Å². The molecule has 31 heavy (non-hydrogen) atoms. The molecule has 164 valence electrons. The van der Waals surface area contributed by atoms with Gasteiger partial charge in [-0.15, -0.1) is 0 Å². The van der Waals surface area contributed by atoms with Crippen LogP contribution in [0.5, 0.6) is 0 Å². The minimum absolute atomic E-state index is 0.123. The van der Waals surface area contributed by atoms with Crippen molar-refractivity contribution in [2.24, 2.45) is 0 Å². The Bertz CT molecular complexity index is 1050. The molecule has 0 saturated carbocycles. The van der Waals surface area contributed by atoms with Gasteiger partial charge in [0.1, 0.15) is 11.0 Å². The number of rotatable bonds is 6. The number of hydrogen-bond acceptors (Lipinski definition) is 8. The van der Waals surface area contributed by atoms with Crippen LogP contribution in [0.1, 0.15) is 25.7 Å². The zero-order chi connectivity index (χ0) is 21.4. The summed E-state index contributed by atoms with van der Waals surface area (Å²) in [4.78, 5) is 37.7. The van der Waals surface area contributed by atoms with E-state index in [9.17, 15) is 9.59 Å². The van der Waals surface area contributed by atoms with E-state index < -0.39 is 0 Å². The van der Waals surface area contributed by atoms with Crippen molar-refractivity contribution >= 4 is 81.1 Å². The van der Waals surface area contributed by atoms with Crippen molar-refractivity contribution in [2.45, 2.75) is 25.7 Å². The number of carbonyl (C=O) groups is 2. The van der Waals surface area contributed by atoms with Crippen LogP contribution in [0.2, 0.25) is 0 Å². The molecule has 2 saturated heterocycles. The van der Waals surface area contributed by atoms with Gasteiger partial charge >= 0.3 is 0 Å². The summed E-state index contributed by atoms with van der Waals surface area (Å²) in [6, 6.07) is 2.08. The zero-order valence-corrected chi connectivity index (χ0v) is 20.2. The lowest BCUT2D eigenvalue weighted by molar-refractivity contribution is -0.129. The molecule has 2 aliphatic heterocycles. The monoisotopic (exact) mass is 522 g/mol. The molecule has 2 aliphatic rings. The second-order valence-electron chi connectivity index (χ2n) is 7.80. The van der Waals surface area contributed by atoms with Crippen LogP contribution in [0, 0.1) is 0 Å². The topological polar surface area (TPSA) is 90.5 Å². The molecule has 0 aliphatic carbocycles. The highest BCUT2D eigenvalue weighted by Crippen LogP contribution is 2.39. The number of nitrogens with zero attached hydrogens (tertiary/aromatic N) is 4. The van der Waals surface area contributed by atoms with E-state index in [0.29, 0.717) is 0 Å². The maximum absolute atomic E-state index is 12.3. The van der Waals surface area contributed by atoms with Crippen molar-refractivity contribution < 1.29 is 9.59 Å². The molecule has 2 fully saturated rings. The minimum Gasteiger partial charge on any atom is -0.352 e. The average molecular weight is 523 g/mol. The van der Waals surface area contributed by atoms with Crippen LogP contribution in [0.25, 0.3) is 20.4 Å². The largest absolute Gasteiger partial charge is 0.352 e. The molecule has 2 amide bonds. The molecule has 8 nitrogen and oxygen atoms in total. The SMILES string of the molecule is O=C(CNc1nc2c(Br)c3nc(NCC(=O)N4CCCC4)sc3cc2s1)N1CCCC1. The Labute approximate surface area is 196 Å². The van der Waals surface area contributed by atoms with Gasteiger partial charge in [0.25, 0.3) is 0 Å². The van der Waals surface area contributed by atoms with Gasteiger partial charge in [0.2, 0.25) is 11.8 Å². The average Bonchev–Trinajstić information content (AvgIpc) is 3.56. The number of likely N-dealkylation sites (tertiary alicyclic amines) is 2. The molecule has 11 heteroatoms. The zero-order valence-electron chi connectivity index (χ0n) is 16.9. The maximum atomic E-state index is 12.3. The van der Waals surface area contributed by atoms with E-state index in [1.807, 2.05) is 9.80 Å². The van der Waals surface area contributed by atoms with Gasteiger partial charge in [0.15, 0.2) is 10.3 Å². The van der Waals surface area contributed by atoms with E-state index in [1.165, 1.54) is 22.7 Å². The van der Waals surface area contributed by atoms with Crippen LogP contribution in [-0.2, 0) is 9.59 Å². The van der Waals surface area contributed by atoms with Crippen LogP contribution in [0.4, 0.5) is 10.3 Å². The van der Waals surface area contributed by atoms with Gasteiger partial charge in [-0.3, -0.25) is 9.59 Å². The molecule has 0 spiro atoms. The number of aromatic nitrogens is 2. The van der Waals surface area contributed by atoms with Crippen molar-refractivity contribution in [1.82, 2.24) is 19.8 Å². The van der Waals surface area contributed by atoms with Crippen molar-refractivity contribution in [3.05, 3.63) is 10.5 Å². The minimum atomic E-state index is 0.123. The Balaban J connectivity index is 1.28. The van der Waals surface area contributed by atoms with Gasteiger partial charge in [-0.1, -0.05) is 22.7 Å². The third kappa shape index (κ3) is 4.35. The summed E-state index contributed by atoms with van der Waals surface area (Å²) in [5.74, 6) is 0.246. The quantitative estimate of drug-likeness (QED) is 0.512. The van der Waals surface area contributed by atoms with Crippen molar-refractivity contribution in [3.8, 4) is 0 Å². The van der Waals surface area contributed by atoms with E-state index in [4.69, 9.17) is 0 Å². The summed E-state index contributed by atoms with van der Waals surface area (Å²) in [5.41, 5.74) is 1.66. The Morgan fingerprint density at radius 3 is 1.68 bits per heavy atom. The van der Waals surface area contributed by atoms with Crippen molar-refractivity contribution in [1.29, 1.82) is 0 Å². The summed E-state index contributed by atoms with van der Waals surface area (Å²) < 4.78 is 2.89. The van der Waals surface area contributed by atoms with Gasteiger partial charge in [-0.05, 0) is 47.7 Å². The standard InChI is InChI=1S/C20H23BrN6O2S2/c21-16-17-12(30-19(24-17)22-10-14(28)26-5-1-2-6-26)9-13-18(16)25-20(31-13)23-11-15(29)27-7-3-4-8-27/h9H,1-8,10-11H2,(H,22,24)(H,23,25). The van der Waals surface area contributed by atoms with Crippen molar-refractivity contribution in [3.63, 3.8) is 0 Å². The van der Waals surface area contributed by atoms with E-state index >= 15 is 0 Å². The molecular weight excluding hydrogens is 500 g/mol. The molecule has 0 bridgehead atoms. The van der Waals surface area contributed by atoms with E-state index in [2.05, 4.69) is 42.6 Å². The lowest BCUT2D eigenvalue weighted by Crippen LogP contribution is -2.32. The Kier molecular flexibility index (Phi) is 5.98. The first-order valence-corrected chi connectivity index (χ1v) is 12.9. The third-order valence-electron chi connectivity index (χ3n) is 5.68. The first-order valence-electron chi connectivity index (χ1n) is 10.5.